The molecule has 1 aromatic heterocycles. The fourth-order valence-corrected chi connectivity index (χ4v) is 3.48. The Kier molecular flexibility index (Phi) is 4.63. The van der Waals surface area contributed by atoms with Crippen molar-refractivity contribution in [2.75, 3.05) is 12.4 Å². The molecule has 9 heteroatoms. The number of phenols is 1. The standard InChI is InChI=1S/C20H19N5O4/c1-10-17(19(27)23-13-4-5-14-12(7-13)9-21-25-14)18(24-20(28)22-10)11-3-6-16(29-2)15(26)8-11/h3-9,17-18,26H,1-2H3,(H,21,25)(H,23,27)(H,24,28). The van der Waals surface area contributed by atoms with Crippen LogP contribution in [0.15, 0.2) is 47.6 Å². The van der Waals surface area contributed by atoms with Gasteiger partial charge in [0, 0.05) is 16.8 Å². The van der Waals surface area contributed by atoms with Crippen LogP contribution in [0.3, 0.4) is 0 Å². The molecule has 1 aliphatic rings. The van der Waals surface area contributed by atoms with Crippen molar-refractivity contribution in [3.63, 3.8) is 0 Å². The summed E-state index contributed by atoms with van der Waals surface area (Å²) in [5.41, 5.74) is 2.41. The third kappa shape index (κ3) is 3.49. The van der Waals surface area contributed by atoms with E-state index in [2.05, 4.69) is 25.8 Å². The van der Waals surface area contributed by atoms with Gasteiger partial charge in [-0.25, -0.2) is 9.79 Å². The molecule has 0 saturated heterocycles. The number of aromatic hydroxyl groups is 1. The molecule has 0 aliphatic carbocycles. The van der Waals surface area contributed by atoms with E-state index in [4.69, 9.17) is 4.74 Å². The Labute approximate surface area is 165 Å². The van der Waals surface area contributed by atoms with Gasteiger partial charge < -0.3 is 20.5 Å². The van der Waals surface area contributed by atoms with Crippen LogP contribution in [0, 0.1) is 5.92 Å². The fraction of sp³-hybridized carbons (Fsp3) is 0.200. The number of rotatable bonds is 4. The number of benzene rings is 2. The number of carbonyl (C=O) groups excluding carboxylic acids is 2. The SMILES string of the molecule is COc1ccc(C2NC(=O)N=C(C)C2C(=O)Nc2ccc3[nH]ncc3c2)cc1O. The van der Waals surface area contributed by atoms with Crippen molar-refractivity contribution in [3.8, 4) is 11.5 Å². The number of fused-ring (bicyclic) bond motifs is 1. The molecule has 3 amide bonds. The predicted molar refractivity (Wildman–Crippen MR) is 107 cm³/mol. The van der Waals surface area contributed by atoms with Crippen LogP contribution in [-0.4, -0.2) is 40.1 Å². The van der Waals surface area contributed by atoms with Crippen LogP contribution in [0.5, 0.6) is 11.5 Å². The molecule has 2 atom stereocenters. The average molecular weight is 393 g/mol. The zero-order valence-corrected chi connectivity index (χ0v) is 15.8. The highest BCUT2D eigenvalue weighted by Gasteiger charge is 2.37. The average Bonchev–Trinajstić information content (AvgIpc) is 3.15. The topological polar surface area (TPSA) is 129 Å². The number of carbonyl (C=O) groups is 2. The summed E-state index contributed by atoms with van der Waals surface area (Å²) in [7, 11) is 1.45. The first-order valence-electron chi connectivity index (χ1n) is 8.93. The molecule has 2 aromatic carbocycles. The van der Waals surface area contributed by atoms with Crippen LogP contribution in [-0.2, 0) is 4.79 Å². The van der Waals surface area contributed by atoms with Gasteiger partial charge >= 0.3 is 6.03 Å². The number of hydrogen-bond donors (Lipinski definition) is 4. The molecular formula is C20H19N5O4. The number of aromatic amines is 1. The van der Waals surface area contributed by atoms with Crippen LogP contribution in [0.25, 0.3) is 10.9 Å². The van der Waals surface area contributed by atoms with Crippen LogP contribution >= 0.6 is 0 Å². The van der Waals surface area contributed by atoms with E-state index in [1.807, 2.05) is 6.07 Å². The van der Waals surface area contributed by atoms with Crippen molar-refractivity contribution in [2.24, 2.45) is 10.9 Å². The molecule has 0 fully saturated rings. The van der Waals surface area contributed by atoms with E-state index in [-0.39, 0.29) is 11.7 Å². The lowest BCUT2D eigenvalue weighted by Crippen LogP contribution is -2.45. The molecule has 148 valence electrons. The predicted octanol–water partition coefficient (Wildman–Crippen LogP) is 2.76. The van der Waals surface area contributed by atoms with Crippen LogP contribution in [0.4, 0.5) is 10.5 Å². The molecule has 3 aromatic rings. The lowest BCUT2D eigenvalue weighted by molar-refractivity contribution is -0.118. The van der Waals surface area contributed by atoms with Crippen molar-refractivity contribution >= 4 is 34.2 Å². The lowest BCUT2D eigenvalue weighted by Gasteiger charge is -2.30. The summed E-state index contributed by atoms with van der Waals surface area (Å²) in [5.74, 6) is -0.852. The van der Waals surface area contributed by atoms with Gasteiger partial charge in [-0.05, 0) is 42.8 Å². The fourth-order valence-electron chi connectivity index (χ4n) is 3.48. The highest BCUT2D eigenvalue weighted by Crippen LogP contribution is 2.34. The normalized spacial score (nSPS) is 18.8. The quantitative estimate of drug-likeness (QED) is 0.542. The van der Waals surface area contributed by atoms with E-state index in [1.54, 1.807) is 37.4 Å². The van der Waals surface area contributed by atoms with E-state index >= 15 is 0 Å². The molecule has 2 unspecified atom stereocenters. The number of aliphatic imine (C=N–C) groups is 1. The second-order valence-corrected chi connectivity index (χ2v) is 6.75. The maximum Gasteiger partial charge on any atom is 0.341 e. The Morgan fingerprint density at radius 1 is 1.24 bits per heavy atom. The number of urea groups is 1. The van der Waals surface area contributed by atoms with Gasteiger partial charge in [0.2, 0.25) is 5.91 Å². The molecule has 9 nitrogen and oxygen atoms in total. The van der Waals surface area contributed by atoms with Gasteiger partial charge in [0.05, 0.1) is 24.9 Å². The van der Waals surface area contributed by atoms with Crippen molar-refractivity contribution in [1.29, 1.82) is 0 Å². The first kappa shape index (κ1) is 18.5. The summed E-state index contributed by atoms with van der Waals surface area (Å²) in [6, 6.07) is 8.92. The molecule has 29 heavy (non-hydrogen) atoms. The van der Waals surface area contributed by atoms with E-state index < -0.39 is 18.0 Å². The molecule has 0 saturated carbocycles. The number of amides is 3. The number of hydrogen-bond acceptors (Lipinski definition) is 5. The largest absolute Gasteiger partial charge is 0.504 e. The van der Waals surface area contributed by atoms with E-state index in [9.17, 15) is 14.7 Å². The summed E-state index contributed by atoms with van der Waals surface area (Å²) in [4.78, 5) is 29.0. The molecule has 4 N–H and O–H groups in total. The van der Waals surface area contributed by atoms with E-state index in [0.717, 1.165) is 10.9 Å². The summed E-state index contributed by atoms with van der Waals surface area (Å²) < 4.78 is 5.06. The second-order valence-electron chi connectivity index (χ2n) is 6.75. The van der Waals surface area contributed by atoms with Crippen LogP contribution in [0.2, 0.25) is 0 Å². The summed E-state index contributed by atoms with van der Waals surface area (Å²) in [5, 5.41) is 23.4. The highest BCUT2D eigenvalue weighted by molar-refractivity contribution is 6.13. The second kappa shape index (κ2) is 7.27. The number of nitrogens with zero attached hydrogens (tertiary/aromatic N) is 2. The smallest absolute Gasteiger partial charge is 0.341 e. The maximum atomic E-state index is 13.1. The Bertz CT molecular complexity index is 1140. The monoisotopic (exact) mass is 393 g/mol. The third-order valence-corrected chi connectivity index (χ3v) is 4.89. The molecule has 0 radical (unpaired) electrons. The summed E-state index contributed by atoms with van der Waals surface area (Å²) in [6.07, 6.45) is 1.67. The first-order chi connectivity index (χ1) is 14.0. The minimum atomic E-state index is -0.749. The molecule has 4 rings (SSSR count). The van der Waals surface area contributed by atoms with E-state index in [0.29, 0.717) is 22.7 Å². The van der Waals surface area contributed by atoms with Crippen molar-refractivity contribution < 1.29 is 19.4 Å². The number of H-pyrrole nitrogens is 1. The van der Waals surface area contributed by atoms with E-state index in [1.165, 1.54) is 13.2 Å². The molecular weight excluding hydrogens is 374 g/mol. The molecule has 1 aliphatic heterocycles. The van der Waals surface area contributed by atoms with Gasteiger partial charge in [0.1, 0.15) is 5.92 Å². The molecule has 0 spiro atoms. The number of methoxy groups -OCH3 is 1. The van der Waals surface area contributed by atoms with Crippen LogP contribution in [0.1, 0.15) is 18.5 Å². The Balaban J connectivity index is 1.65. The number of nitrogens with one attached hydrogen (secondary N) is 3. The summed E-state index contributed by atoms with van der Waals surface area (Å²) >= 11 is 0. The Morgan fingerprint density at radius 3 is 2.83 bits per heavy atom. The first-order valence-corrected chi connectivity index (χ1v) is 8.93. The van der Waals surface area contributed by atoms with Crippen molar-refractivity contribution in [1.82, 2.24) is 15.5 Å². The maximum absolute atomic E-state index is 13.1. The van der Waals surface area contributed by atoms with Gasteiger partial charge in [0.15, 0.2) is 11.5 Å². The minimum Gasteiger partial charge on any atom is -0.504 e. The van der Waals surface area contributed by atoms with Gasteiger partial charge in [-0.15, -0.1) is 0 Å². The van der Waals surface area contributed by atoms with Crippen molar-refractivity contribution in [2.45, 2.75) is 13.0 Å². The highest BCUT2D eigenvalue weighted by atomic mass is 16.5. The zero-order valence-electron chi connectivity index (χ0n) is 15.8. The number of phenolic OH excluding ortho intramolecular Hbond substituents is 1. The van der Waals surface area contributed by atoms with Gasteiger partial charge in [-0.1, -0.05) is 6.07 Å². The lowest BCUT2D eigenvalue weighted by atomic mass is 9.87. The molecule has 2 heterocycles. The minimum absolute atomic E-state index is 0.0796. The van der Waals surface area contributed by atoms with Gasteiger partial charge in [-0.3, -0.25) is 9.89 Å². The number of aromatic nitrogens is 2. The van der Waals surface area contributed by atoms with Gasteiger partial charge in [-0.2, -0.15) is 5.10 Å². The van der Waals surface area contributed by atoms with Crippen molar-refractivity contribution in [3.05, 3.63) is 48.2 Å². The summed E-state index contributed by atoms with van der Waals surface area (Å²) in [6.45, 7) is 1.64. The zero-order chi connectivity index (χ0) is 20.5. The molecule has 0 bridgehead atoms. The number of anilines is 1. The third-order valence-electron chi connectivity index (χ3n) is 4.89. The van der Waals surface area contributed by atoms with Crippen LogP contribution < -0.4 is 15.4 Å². The Hall–Kier alpha value is -3.88. The van der Waals surface area contributed by atoms with Gasteiger partial charge in [0.25, 0.3) is 0 Å². The number of ether oxygens (including phenoxy) is 1. The Morgan fingerprint density at radius 2 is 2.07 bits per heavy atom.